The van der Waals surface area contributed by atoms with Gasteiger partial charge in [-0.15, -0.1) is 0 Å². The monoisotopic (exact) mass is 318 g/mol. The molecule has 1 aromatic carbocycles. The van der Waals surface area contributed by atoms with Crippen LogP contribution in [0, 0.1) is 5.41 Å². The van der Waals surface area contributed by atoms with Crippen LogP contribution >= 0.6 is 27.5 Å². The molecule has 0 aliphatic heterocycles. The molecular formula is C12H16BrClN2O. The Labute approximate surface area is 115 Å². The molecule has 0 aliphatic rings. The molecule has 1 amide bonds. The molecule has 1 rings (SSSR count). The van der Waals surface area contributed by atoms with Crippen LogP contribution in [0.2, 0.25) is 5.02 Å². The van der Waals surface area contributed by atoms with Crippen LogP contribution in [0.3, 0.4) is 0 Å². The van der Waals surface area contributed by atoms with Crippen LogP contribution in [0.4, 0.5) is 5.69 Å². The molecule has 0 fully saturated rings. The van der Waals surface area contributed by atoms with Gasteiger partial charge in [0.05, 0.1) is 11.7 Å². The first-order valence-corrected chi connectivity index (χ1v) is 6.40. The highest BCUT2D eigenvalue weighted by molar-refractivity contribution is 9.10. The number of nitrogens with one attached hydrogen (secondary N) is 1. The van der Waals surface area contributed by atoms with E-state index in [1.807, 2.05) is 20.8 Å². The van der Waals surface area contributed by atoms with Crippen LogP contribution in [0.1, 0.15) is 20.8 Å². The van der Waals surface area contributed by atoms with E-state index in [4.69, 9.17) is 17.3 Å². The van der Waals surface area contributed by atoms with E-state index in [0.29, 0.717) is 10.7 Å². The van der Waals surface area contributed by atoms with Gasteiger partial charge in [0.2, 0.25) is 5.91 Å². The van der Waals surface area contributed by atoms with E-state index >= 15 is 0 Å². The molecule has 0 heterocycles. The fourth-order valence-corrected chi connectivity index (χ4v) is 1.71. The molecular weight excluding hydrogens is 304 g/mol. The lowest BCUT2D eigenvalue weighted by Crippen LogP contribution is -2.45. The zero-order valence-corrected chi connectivity index (χ0v) is 12.4. The van der Waals surface area contributed by atoms with Crippen molar-refractivity contribution in [2.75, 3.05) is 5.32 Å². The van der Waals surface area contributed by atoms with E-state index in [-0.39, 0.29) is 11.3 Å². The average molecular weight is 320 g/mol. The summed E-state index contributed by atoms with van der Waals surface area (Å²) in [7, 11) is 0. The van der Waals surface area contributed by atoms with E-state index in [9.17, 15) is 4.79 Å². The summed E-state index contributed by atoms with van der Waals surface area (Å²) in [5, 5.41) is 3.32. The average Bonchev–Trinajstić information content (AvgIpc) is 2.21. The van der Waals surface area contributed by atoms with Crippen LogP contribution in [0.15, 0.2) is 22.7 Å². The van der Waals surface area contributed by atoms with Gasteiger partial charge in [-0.1, -0.05) is 32.4 Å². The number of nitrogens with two attached hydrogens (primary N) is 1. The van der Waals surface area contributed by atoms with E-state index in [2.05, 4.69) is 21.2 Å². The predicted octanol–water partition coefficient (Wildman–Crippen LogP) is 3.41. The fourth-order valence-electron chi connectivity index (χ4n) is 1.20. The summed E-state index contributed by atoms with van der Waals surface area (Å²) >= 11 is 9.21. The van der Waals surface area contributed by atoms with Crippen molar-refractivity contribution < 1.29 is 4.79 Å². The van der Waals surface area contributed by atoms with Crippen LogP contribution in [0.25, 0.3) is 0 Å². The quantitative estimate of drug-likeness (QED) is 0.877. The number of carbonyl (C=O) groups excluding carboxylic acids is 1. The van der Waals surface area contributed by atoms with E-state index < -0.39 is 6.04 Å². The number of halogens is 2. The SMILES string of the molecule is CC(C)(C)[C@H](N)C(=O)Nc1cc(Cl)ccc1Br. The number of carbonyl (C=O) groups is 1. The molecule has 94 valence electrons. The molecule has 1 atom stereocenters. The third-order valence-corrected chi connectivity index (χ3v) is 3.33. The number of hydrogen-bond donors (Lipinski definition) is 2. The maximum absolute atomic E-state index is 11.9. The molecule has 17 heavy (non-hydrogen) atoms. The van der Waals surface area contributed by atoms with Crippen molar-refractivity contribution in [1.82, 2.24) is 0 Å². The summed E-state index contributed by atoms with van der Waals surface area (Å²) in [6, 6.07) is 4.62. The Hall–Kier alpha value is -0.580. The lowest BCUT2D eigenvalue weighted by atomic mass is 9.87. The first kappa shape index (κ1) is 14.5. The van der Waals surface area contributed by atoms with Gasteiger partial charge in [0.1, 0.15) is 0 Å². The molecule has 0 radical (unpaired) electrons. The largest absolute Gasteiger partial charge is 0.324 e. The second-order valence-electron chi connectivity index (χ2n) is 4.96. The summed E-state index contributed by atoms with van der Waals surface area (Å²) < 4.78 is 0.774. The van der Waals surface area contributed by atoms with E-state index in [1.165, 1.54) is 0 Å². The number of amides is 1. The van der Waals surface area contributed by atoms with Gasteiger partial charge in [-0.05, 0) is 39.5 Å². The Morgan fingerprint density at radius 1 is 1.47 bits per heavy atom. The van der Waals surface area contributed by atoms with Crippen LogP contribution in [-0.2, 0) is 4.79 Å². The lowest BCUT2D eigenvalue weighted by molar-refractivity contribution is -0.119. The molecule has 3 nitrogen and oxygen atoms in total. The molecule has 0 aliphatic carbocycles. The van der Waals surface area contributed by atoms with Crippen LogP contribution in [-0.4, -0.2) is 11.9 Å². The number of hydrogen-bond acceptors (Lipinski definition) is 2. The minimum absolute atomic E-state index is 0.222. The Bertz CT molecular complexity index is 429. The van der Waals surface area contributed by atoms with Gasteiger partial charge in [0, 0.05) is 9.50 Å². The molecule has 1 aromatic rings. The Kier molecular flexibility index (Phi) is 4.58. The first-order chi connectivity index (χ1) is 7.71. The number of rotatable bonds is 2. The van der Waals surface area contributed by atoms with Crippen molar-refractivity contribution >= 4 is 39.1 Å². The molecule has 0 saturated heterocycles. The van der Waals surface area contributed by atoms with Crippen LogP contribution in [0.5, 0.6) is 0 Å². The molecule has 0 spiro atoms. The Morgan fingerprint density at radius 2 is 2.06 bits per heavy atom. The summed E-state index contributed by atoms with van der Waals surface area (Å²) in [5.74, 6) is -0.222. The predicted molar refractivity (Wildman–Crippen MR) is 75.2 cm³/mol. The minimum atomic E-state index is -0.576. The van der Waals surface area contributed by atoms with Gasteiger partial charge in [0.25, 0.3) is 0 Å². The second kappa shape index (κ2) is 5.38. The molecule has 5 heteroatoms. The topological polar surface area (TPSA) is 55.1 Å². The van der Waals surface area contributed by atoms with Crippen molar-refractivity contribution in [1.29, 1.82) is 0 Å². The number of benzene rings is 1. The lowest BCUT2D eigenvalue weighted by Gasteiger charge is -2.26. The Balaban J connectivity index is 2.85. The van der Waals surface area contributed by atoms with Crippen molar-refractivity contribution in [2.24, 2.45) is 11.1 Å². The maximum atomic E-state index is 11.9. The van der Waals surface area contributed by atoms with E-state index in [0.717, 1.165) is 4.47 Å². The molecule has 0 unspecified atom stereocenters. The highest BCUT2D eigenvalue weighted by Crippen LogP contribution is 2.27. The third kappa shape index (κ3) is 3.98. The standard InChI is InChI=1S/C12H16BrClN2O/c1-12(2,3)10(15)11(17)16-9-6-7(14)4-5-8(9)13/h4-6,10H,15H2,1-3H3,(H,16,17)/t10-/m1/s1. The van der Waals surface area contributed by atoms with Gasteiger partial charge >= 0.3 is 0 Å². The maximum Gasteiger partial charge on any atom is 0.241 e. The molecule has 0 aromatic heterocycles. The Morgan fingerprint density at radius 3 is 2.59 bits per heavy atom. The number of anilines is 1. The molecule has 3 N–H and O–H groups in total. The third-order valence-electron chi connectivity index (χ3n) is 2.40. The van der Waals surface area contributed by atoms with Gasteiger partial charge in [-0.2, -0.15) is 0 Å². The summed E-state index contributed by atoms with van der Waals surface area (Å²) in [6.45, 7) is 5.76. The highest BCUT2D eigenvalue weighted by atomic mass is 79.9. The fraction of sp³-hybridized carbons (Fsp3) is 0.417. The summed E-state index contributed by atoms with van der Waals surface area (Å²) in [4.78, 5) is 11.9. The second-order valence-corrected chi connectivity index (χ2v) is 6.25. The molecule has 0 saturated carbocycles. The molecule has 0 bridgehead atoms. The normalized spacial score (nSPS) is 13.3. The van der Waals surface area contributed by atoms with E-state index in [1.54, 1.807) is 18.2 Å². The van der Waals surface area contributed by atoms with Crippen molar-refractivity contribution in [3.63, 3.8) is 0 Å². The first-order valence-electron chi connectivity index (χ1n) is 5.23. The summed E-state index contributed by atoms with van der Waals surface area (Å²) in [5.41, 5.74) is 6.21. The van der Waals surface area contributed by atoms with Gasteiger partial charge < -0.3 is 11.1 Å². The zero-order valence-electron chi connectivity index (χ0n) is 10.1. The van der Waals surface area contributed by atoms with Gasteiger partial charge in [-0.3, -0.25) is 4.79 Å². The van der Waals surface area contributed by atoms with Gasteiger partial charge in [0.15, 0.2) is 0 Å². The van der Waals surface area contributed by atoms with Crippen LogP contribution < -0.4 is 11.1 Å². The smallest absolute Gasteiger partial charge is 0.241 e. The highest BCUT2D eigenvalue weighted by Gasteiger charge is 2.27. The van der Waals surface area contributed by atoms with Crippen molar-refractivity contribution in [3.8, 4) is 0 Å². The summed E-state index contributed by atoms with van der Waals surface area (Å²) in [6.07, 6.45) is 0. The van der Waals surface area contributed by atoms with Gasteiger partial charge in [-0.25, -0.2) is 0 Å². The van der Waals surface area contributed by atoms with Crippen molar-refractivity contribution in [2.45, 2.75) is 26.8 Å². The minimum Gasteiger partial charge on any atom is -0.324 e. The van der Waals surface area contributed by atoms with Crippen molar-refractivity contribution in [3.05, 3.63) is 27.7 Å². The zero-order chi connectivity index (χ0) is 13.2.